The third kappa shape index (κ3) is 3.43. The van der Waals surface area contributed by atoms with Gasteiger partial charge in [-0.25, -0.2) is 0 Å². The van der Waals surface area contributed by atoms with Crippen LogP contribution in [0.2, 0.25) is 0 Å². The predicted octanol–water partition coefficient (Wildman–Crippen LogP) is 3.87. The summed E-state index contributed by atoms with van der Waals surface area (Å²) in [6.45, 7) is 0. The molecule has 0 spiro atoms. The molecule has 0 amide bonds. The van der Waals surface area contributed by atoms with Crippen LogP contribution in [0.25, 0.3) is 10.8 Å². The minimum Gasteiger partial charge on any atom is -0.493 e. The summed E-state index contributed by atoms with van der Waals surface area (Å²) >= 11 is 0. The van der Waals surface area contributed by atoms with Gasteiger partial charge in [0.15, 0.2) is 23.0 Å². The van der Waals surface area contributed by atoms with Crippen molar-refractivity contribution in [3.63, 3.8) is 0 Å². The quantitative estimate of drug-likeness (QED) is 0.630. The number of fused-ring (bicyclic) bond motifs is 1. The molecule has 0 bridgehead atoms. The van der Waals surface area contributed by atoms with Crippen molar-refractivity contribution < 1.29 is 23.7 Å². The van der Waals surface area contributed by atoms with Gasteiger partial charge in [0.2, 0.25) is 5.75 Å². The van der Waals surface area contributed by atoms with Crippen LogP contribution in [0.15, 0.2) is 36.7 Å². The lowest BCUT2D eigenvalue weighted by Crippen LogP contribution is -1.99. The van der Waals surface area contributed by atoms with Crippen LogP contribution in [0.4, 0.5) is 0 Å². The summed E-state index contributed by atoms with van der Waals surface area (Å²) in [5.41, 5.74) is 2.08. The molecule has 0 radical (unpaired) electrons. The highest BCUT2D eigenvalue weighted by atomic mass is 16.5. The molecule has 1 heterocycles. The first-order chi connectivity index (χ1) is 13.2. The number of ether oxygens (including phenoxy) is 5. The Morgan fingerprint density at radius 3 is 1.85 bits per heavy atom. The fourth-order valence-electron chi connectivity index (χ4n) is 3.23. The van der Waals surface area contributed by atoms with Crippen LogP contribution < -0.4 is 23.7 Å². The molecule has 6 heteroatoms. The molecule has 0 saturated carbocycles. The fourth-order valence-corrected chi connectivity index (χ4v) is 3.23. The summed E-state index contributed by atoms with van der Waals surface area (Å²) in [6, 6.07) is 7.81. The van der Waals surface area contributed by atoms with E-state index in [9.17, 15) is 0 Å². The second-order valence-corrected chi connectivity index (χ2v) is 5.91. The molecule has 0 aliphatic rings. The normalized spacial score (nSPS) is 10.6. The zero-order chi connectivity index (χ0) is 19.4. The maximum atomic E-state index is 5.54. The Kier molecular flexibility index (Phi) is 5.54. The van der Waals surface area contributed by atoms with Gasteiger partial charge in [-0.3, -0.25) is 4.98 Å². The van der Waals surface area contributed by atoms with E-state index in [0.717, 1.165) is 21.9 Å². The van der Waals surface area contributed by atoms with Gasteiger partial charge in [0, 0.05) is 17.8 Å². The van der Waals surface area contributed by atoms with Crippen LogP contribution in [0.3, 0.4) is 0 Å². The number of aromatic nitrogens is 1. The number of hydrogen-bond donors (Lipinski definition) is 0. The maximum absolute atomic E-state index is 5.54. The van der Waals surface area contributed by atoms with Crippen molar-refractivity contribution >= 4 is 10.8 Å². The van der Waals surface area contributed by atoms with Gasteiger partial charge in [-0.2, -0.15) is 0 Å². The summed E-state index contributed by atoms with van der Waals surface area (Å²) in [5.74, 6) is 3.18. The van der Waals surface area contributed by atoms with Crippen molar-refractivity contribution in [3.05, 3.63) is 47.8 Å². The summed E-state index contributed by atoms with van der Waals surface area (Å²) in [6.07, 6.45) is 4.29. The van der Waals surface area contributed by atoms with Crippen molar-refractivity contribution in [3.8, 4) is 28.7 Å². The lowest BCUT2D eigenvalue weighted by atomic mass is 9.99. The Morgan fingerprint density at radius 2 is 1.30 bits per heavy atom. The number of hydrogen-bond acceptors (Lipinski definition) is 6. The first-order valence-electron chi connectivity index (χ1n) is 8.43. The van der Waals surface area contributed by atoms with Gasteiger partial charge in [-0.1, -0.05) is 6.07 Å². The third-order valence-corrected chi connectivity index (χ3v) is 4.48. The van der Waals surface area contributed by atoms with E-state index < -0.39 is 0 Å². The van der Waals surface area contributed by atoms with Crippen molar-refractivity contribution in [2.45, 2.75) is 6.42 Å². The Balaban J connectivity index is 2.10. The number of nitrogens with zero attached hydrogens (tertiary/aromatic N) is 1. The molecular weight excluding hydrogens is 346 g/mol. The van der Waals surface area contributed by atoms with E-state index in [0.29, 0.717) is 35.2 Å². The minimum atomic E-state index is 0.575. The number of rotatable bonds is 7. The van der Waals surface area contributed by atoms with Crippen molar-refractivity contribution in [2.75, 3.05) is 35.5 Å². The van der Waals surface area contributed by atoms with Crippen LogP contribution in [-0.4, -0.2) is 40.5 Å². The van der Waals surface area contributed by atoms with Crippen LogP contribution in [-0.2, 0) is 6.42 Å². The van der Waals surface area contributed by atoms with Gasteiger partial charge in [0.1, 0.15) is 0 Å². The lowest BCUT2D eigenvalue weighted by Gasteiger charge is -2.15. The van der Waals surface area contributed by atoms with E-state index in [1.807, 2.05) is 30.5 Å². The number of methoxy groups -OCH3 is 5. The smallest absolute Gasteiger partial charge is 0.203 e. The number of benzene rings is 2. The van der Waals surface area contributed by atoms with E-state index in [2.05, 4.69) is 4.98 Å². The monoisotopic (exact) mass is 369 g/mol. The van der Waals surface area contributed by atoms with E-state index in [-0.39, 0.29) is 0 Å². The van der Waals surface area contributed by atoms with Crippen molar-refractivity contribution in [1.82, 2.24) is 4.98 Å². The standard InChI is InChI=1S/C21H23NO5/c1-23-17-7-6-15-14(11-22-12-16(15)20(17)26-4)8-13-9-18(24-2)21(27-5)19(10-13)25-3/h6-7,9-12H,8H2,1-5H3. The van der Waals surface area contributed by atoms with E-state index in [1.54, 1.807) is 41.7 Å². The highest BCUT2D eigenvalue weighted by Crippen LogP contribution is 2.40. The third-order valence-electron chi connectivity index (χ3n) is 4.48. The summed E-state index contributed by atoms with van der Waals surface area (Å²) < 4.78 is 27.2. The van der Waals surface area contributed by atoms with Gasteiger partial charge in [0.25, 0.3) is 0 Å². The molecular formula is C21H23NO5. The molecule has 0 fully saturated rings. The largest absolute Gasteiger partial charge is 0.493 e. The topological polar surface area (TPSA) is 59.0 Å². The molecule has 0 atom stereocenters. The highest BCUT2D eigenvalue weighted by Gasteiger charge is 2.16. The SMILES string of the molecule is COc1cc(Cc2cncc3c(OC)c(OC)ccc23)cc(OC)c1OC. The van der Waals surface area contributed by atoms with Gasteiger partial charge < -0.3 is 23.7 Å². The minimum absolute atomic E-state index is 0.575. The maximum Gasteiger partial charge on any atom is 0.203 e. The molecule has 0 unspecified atom stereocenters. The zero-order valence-corrected chi connectivity index (χ0v) is 16.2. The molecule has 1 aromatic heterocycles. The van der Waals surface area contributed by atoms with E-state index in [1.165, 1.54) is 0 Å². The molecule has 27 heavy (non-hydrogen) atoms. The van der Waals surface area contributed by atoms with Crippen LogP contribution in [0, 0.1) is 0 Å². The predicted molar refractivity (Wildman–Crippen MR) is 104 cm³/mol. The van der Waals surface area contributed by atoms with Gasteiger partial charge in [-0.05, 0) is 41.1 Å². The van der Waals surface area contributed by atoms with Crippen molar-refractivity contribution in [1.29, 1.82) is 0 Å². The molecule has 142 valence electrons. The fraction of sp³-hybridized carbons (Fsp3) is 0.286. The molecule has 0 aliphatic heterocycles. The zero-order valence-electron chi connectivity index (χ0n) is 16.2. The molecule has 6 nitrogen and oxygen atoms in total. The summed E-state index contributed by atoms with van der Waals surface area (Å²) in [7, 11) is 8.06. The Morgan fingerprint density at radius 1 is 0.667 bits per heavy atom. The second kappa shape index (κ2) is 8.03. The molecule has 0 saturated heterocycles. The summed E-state index contributed by atoms with van der Waals surface area (Å²) in [4.78, 5) is 4.39. The Bertz CT molecular complexity index is 930. The molecule has 3 rings (SSSR count). The van der Waals surface area contributed by atoms with E-state index >= 15 is 0 Å². The molecule has 3 aromatic rings. The van der Waals surface area contributed by atoms with Crippen LogP contribution in [0.1, 0.15) is 11.1 Å². The van der Waals surface area contributed by atoms with Crippen LogP contribution in [0.5, 0.6) is 28.7 Å². The average molecular weight is 369 g/mol. The van der Waals surface area contributed by atoms with Gasteiger partial charge in [-0.15, -0.1) is 0 Å². The van der Waals surface area contributed by atoms with Crippen molar-refractivity contribution in [2.24, 2.45) is 0 Å². The van der Waals surface area contributed by atoms with Gasteiger partial charge in [0.05, 0.1) is 35.5 Å². The lowest BCUT2D eigenvalue weighted by molar-refractivity contribution is 0.324. The Labute approximate surface area is 158 Å². The second-order valence-electron chi connectivity index (χ2n) is 5.91. The van der Waals surface area contributed by atoms with E-state index in [4.69, 9.17) is 23.7 Å². The van der Waals surface area contributed by atoms with Gasteiger partial charge >= 0.3 is 0 Å². The first kappa shape index (κ1) is 18.6. The molecule has 0 aliphatic carbocycles. The molecule has 0 N–H and O–H groups in total. The summed E-state index contributed by atoms with van der Waals surface area (Å²) in [5, 5.41) is 1.96. The Hall–Kier alpha value is -3.15. The molecule has 2 aromatic carbocycles. The highest BCUT2D eigenvalue weighted by molar-refractivity contribution is 5.92. The average Bonchev–Trinajstić information content (AvgIpc) is 2.72. The number of pyridine rings is 1. The first-order valence-corrected chi connectivity index (χ1v) is 8.43. The van der Waals surface area contributed by atoms with Crippen LogP contribution >= 0.6 is 0 Å².